The molecule has 0 radical (unpaired) electrons. The van der Waals surface area contributed by atoms with E-state index < -0.39 is 35.8 Å². The maximum Gasteiger partial charge on any atom is 0.311 e. The van der Waals surface area contributed by atoms with Gasteiger partial charge in [0, 0.05) is 0 Å². The zero-order valence-electron chi connectivity index (χ0n) is 15.5. The summed E-state index contributed by atoms with van der Waals surface area (Å²) >= 11 is 0. The number of aliphatic hydroxyl groups is 1. The summed E-state index contributed by atoms with van der Waals surface area (Å²) in [6.45, 7) is 6.15. The Balaban J connectivity index is 2.83. The smallest absolute Gasteiger partial charge is 0.311 e. The van der Waals surface area contributed by atoms with E-state index in [4.69, 9.17) is 14.2 Å². The van der Waals surface area contributed by atoms with Crippen molar-refractivity contribution in [2.45, 2.75) is 52.1 Å². The minimum atomic E-state index is -1.62. The van der Waals surface area contributed by atoms with Crippen LogP contribution < -0.4 is 0 Å². The number of rotatable bonds is 10. The highest BCUT2D eigenvalue weighted by molar-refractivity contribution is 5.75. The highest BCUT2D eigenvalue weighted by Gasteiger charge is 2.43. The highest BCUT2D eigenvalue weighted by atomic mass is 16.6. The van der Waals surface area contributed by atoms with Gasteiger partial charge in [0.25, 0.3) is 6.47 Å². The van der Waals surface area contributed by atoms with Crippen LogP contribution in [0.4, 0.5) is 0 Å². The first-order valence-electron chi connectivity index (χ1n) is 8.22. The fourth-order valence-corrected chi connectivity index (χ4v) is 2.13. The van der Waals surface area contributed by atoms with Crippen LogP contribution in [0.15, 0.2) is 30.3 Å². The third kappa shape index (κ3) is 6.24. The monoisotopic (exact) mass is 366 g/mol. The molecule has 7 heteroatoms. The fraction of sp³-hybridized carbons (Fsp3) is 0.526. The van der Waals surface area contributed by atoms with E-state index in [1.807, 2.05) is 30.3 Å². The van der Waals surface area contributed by atoms with Gasteiger partial charge in [0.1, 0.15) is 12.7 Å². The number of aldehydes is 1. The number of hydrogen-bond acceptors (Lipinski definition) is 7. The second-order valence-electron chi connectivity index (χ2n) is 7.14. The van der Waals surface area contributed by atoms with Gasteiger partial charge in [0.2, 0.25) is 0 Å². The molecule has 0 spiro atoms. The summed E-state index contributed by atoms with van der Waals surface area (Å²) in [5, 5.41) is 10.3. The van der Waals surface area contributed by atoms with Crippen molar-refractivity contribution in [3.63, 3.8) is 0 Å². The van der Waals surface area contributed by atoms with Crippen LogP contribution in [0.25, 0.3) is 0 Å². The standard InChI is InChI=1S/C19H26O7/c1-18(2,3)17(23)24-11-15(22)16(25-13-21)19(4,12-20)26-10-14-8-6-5-7-9-14/h5-9,12-13,15-16,22H,10-11H2,1-4H3/t15-,16-,19+/m1/s1. The third-order valence-electron chi connectivity index (χ3n) is 3.74. The van der Waals surface area contributed by atoms with Crippen LogP contribution in [0, 0.1) is 5.41 Å². The molecule has 0 aliphatic rings. The van der Waals surface area contributed by atoms with Gasteiger partial charge in [-0.15, -0.1) is 0 Å². The molecule has 0 saturated carbocycles. The summed E-state index contributed by atoms with van der Waals surface area (Å²) in [7, 11) is 0. The average Bonchev–Trinajstić information content (AvgIpc) is 2.62. The van der Waals surface area contributed by atoms with Gasteiger partial charge in [-0.05, 0) is 33.3 Å². The van der Waals surface area contributed by atoms with Crippen molar-refractivity contribution in [3.8, 4) is 0 Å². The molecule has 0 aliphatic heterocycles. The van der Waals surface area contributed by atoms with Crippen molar-refractivity contribution in [2.24, 2.45) is 5.41 Å². The molecule has 7 nitrogen and oxygen atoms in total. The number of carbonyl (C=O) groups is 3. The summed E-state index contributed by atoms with van der Waals surface area (Å²) < 4.78 is 15.6. The summed E-state index contributed by atoms with van der Waals surface area (Å²) in [5.41, 5.74) is -1.57. The normalized spacial score (nSPS) is 16.0. The molecule has 1 rings (SSSR count). The first-order valence-corrected chi connectivity index (χ1v) is 8.22. The Labute approximate surface area is 153 Å². The second-order valence-corrected chi connectivity index (χ2v) is 7.14. The maximum atomic E-state index is 11.8. The molecule has 26 heavy (non-hydrogen) atoms. The van der Waals surface area contributed by atoms with Gasteiger partial charge < -0.3 is 19.3 Å². The van der Waals surface area contributed by atoms with Crippen molar-refractivity contribution in [1.82, 2.24) is 0 Å². The summed E-state index contributed by atoms with van der Waals surface area (Å²) in [6, 6.07) is 9.09. The lowest BCUT2D eigenvalue weighted by Gasteiger charge is -2.34. The van der Waals surface area contributed by atoms with E-state index in [1.54, 1.807) is 20.8 Å². The van der Waals surface area contributed by atoms with Crippen LogP contribution in [0.1, 0.15) is 33.3 Å². The van der Waals surface area contributed by atoms with Crippen LogP contribution in [0.5, 0.6) is 0 Å². The predicted octanol–water partition coefficient (Wildman–Crippen LogP) is 1.65. The molecule has 3 atom stereocenters. The number of benzene rings is 1. The van der Waals surface area contributed by atoms with E-state index in [9.17, 15) is 19.5 Å². The first-order chi connectivity index (χ1) is 12.1. The molecule has 0 saturated heterocycles. The van der Waals surface area contributed by atoms with E-state index in [2.05, 4.69) is 0 Å². The Morgan fingerprint density at radius 1 is 1.15 bits per heavy atom. The third-order valence-corrected chi connectivity index (χ3v) is 3.74. The molecule has 144 valence electrons. The molecule has 0 amide bonds. The SMILES string of the molecule is CC(C)(C)C(=O)OC[C@@H](O)[C@@H](OC=O)[C@](C)(C=O)OCc1ccccc1. The van der Waals surface area contributed by atoms with Gasteiger partial charge in [-0.25, -0.2) is 0 Å². The minimum absolute atomic E-state index is 0.0727. The molecule has 0 unspecified atom stereocenters. The predicted molar refractivity (Wildman–Crippen MR) is 93.1 cm³/mol. The average molecular weight is 366 g/mol. The second kappa shape index (κ2) is 9.45. The van der Waals surface area contributed by atoms with Crippen molar-refractivity contribution < 1.29 is 33.7 Å². The fourth-order valence-electron chi connectivity index (χ4n) is 2.13. The summed E-state index contributed by atoms with van der Waals surface area (Å²) in [5.74, 6) is -0.528. The molecule has 0 bridgehead atoms. The van der Waals surface area contributed by atoms with Gasteiger partial charge in [-0.2, -0.15) is 0 Å². The number of esters is 1. The first kappa shape index (κ1) is 21.8. The number of ether oxygens (including phenoxy) is 3. The summed E-state index contributed by atoms with van der Waals surface area (Å²) in [6.07, 6.45) is -2.31. The lowest BCUT2D eigenvalue weighted by Crippen LogP contribution is -2.53. The van der Waals surface area contributed by atoms with Crippen LogP contribution in [-0.4, -0.2) is 48.3 Å². The van der Waals surface area contributed by atoms with Gasteiger partial charge in [0.05, 0.1) is 12.0 Å². The van der Waals surface area contributed by atoms with Crippen molar-refractivity contribution in [2.75, 3.05) is 6.61 Å². The molecule has 1 aromatic rings. The van der Waals surface area contributed by atoms with Crippen molar-refractivity contribution in [1.29, 1.82) is 0 Å². The van der Waals surface area contributed by atoms with Crippen LogP contribution in [0.2, 0.25) is 0 Å². The molecule has 0 aliphatic carbocycles. The van der Waals surface area contributed by atoms with Crippen LogP contribution in [-0.2, 0) is 35.2 Å². The lowest BCUT2D eigenvalue weighted by molar-refractivity contribution is -0.188. The topological polar surface area (TPSA) is 99.1 Å². The maximum absolute atomic E-state index is 11.8. The van der Waals surface area contributed by atoms with Gasteiger partial charge in [0.15, 0.2) is 18.0 Å². The molecule has 1 N–H and O–H groups in total. The summed E-state index contributed by atoms with van der Waals surface area (Å²) in [4.78, 5) is 34.3. The molecule has 0 aromatic heterocycles. The van der Waals surface area contributed by atoms with Crippen LogP contribution >= 0.6 is 0 Å². The van der Waals surface area contributed by atoms with E-state index in [1.165, 1.54) is 6.92 Å². The van der Waals surface area contributed by atoms with Gasteiger partial charge >= 0.3 is 5.97 Å². The minimum Gasteiger partial charge on any atom is -0.462 e. The lowest BCUT2D eigenvalue weighted by atomic mass is 9.95. The Kier molecular flexibility index (Phi) is 7.92. The van der Waals surface area contributed by atoms with E-state index in [0.717, 1.165) is 5.56 Å². The van der Waals surface area contributed by atoms with E-state index >= 15 is 0 Å². The van der Waals surface area contributed by atoms with Gasteiger partial charge in [-0.3, -0.25) is 14.4 Å². The van der Waals surface area contributed by atoms with E-state index in [-0.39, 0.29) is 13.1 Å². The van der Waals surface area contributed by atoms with Crippen LogP contribution in [0.3, 0.4) is 0 Å². The molecule has 0 fully saturated rings. The zero-order chi connectivity index (χ0) is 19.8. The number of aliphatic hydroxyl groups excluding tert-OH is 1. The largest absolute Gasteiger partial charge is 0.462 e. The Hall–Kier alpha value is -2.25. The Bertz CT molecular complexity index is 594. The zero-order valence-corrected chi connectivity index (χ0v) is 15.5. The number of hydrogen-bond donors (Lipinski definition) is 1. The van der Waals surface area contributed by atoms with Crippen molar-refractivity contribution in [3.05, 3.63) is 35.9 Å². The van der Waals surface area contributed by atoms with E-state index in [0.29, 0.717) is 6.29 Å². The molecular formula is C19H26O7. The molecule has 1 aromatic carbocycles. The molecular weight excluding hydrogens is 340 g/mol. The van der Waals surface area contributed by atoms with Crippen molar-refractivity contribution >= 4 is 18.7 Å². The highest BCUT2D eigenvalue weighted by Crippen LogP contribution is 2.23. The molecule has 0 heterocycles. The quantitative estimate of drug-likeness (QED) is 0.496. The van der Waals surface area contributed by atoms with Gasteiger partial charge in [-0.1, -0.05) is 30.3 Å². The Morgan fingerprint density at radius 2 is 1.77 bits per heavy atom. The number of carbonyl (C=O) groups excluding carboxylic acids is 3. The Morgan fingerprint density at radius 3 is 2.27 bits per heavy atom.